The first-order chi connectivity index (χ1) is 11.4. The second-order valence-electron chi connectivity index (χ2n) is 5.85. The zero-order valence-corrected chi connectivity index (χ0v) is 13.4. The number of benzene rings is 1. The predicted octanol–water partition coefficient (Wildman–Crippen LogP) is 1.60. The van der Waals surface area contributed by atoms with Gasteiger partial charge in [0.05, 0.1) is 17.1 Å². The highest BCUT2D eigenvalue weighted by molar-refractivity contribution is 6.12. The van der Waals surface area contributed by atoms with E-state index in [1.807, 2.05) is 18.2 Å². The molecule has 0 aliphatic carbocycles. The second-order valence-corrected chi connectivity index (χ2v) is 5.85. The third-order valence-electron chi connectivity index (χ3n) is 3.73. The molecule has 2 heterocycles. The Hall–Kier alpha value is -2.71. The Balaban J connectivity index is 2.01. The molecular weight excluding hydrogens is 310 g/mol. The van der Waals surface area contributed by atoms with Crippen LogP contribution in [0.4, 0.5) is 23.1 Å². The number of hydrogen-bond donors (Lipinski definition) is 5. The van der Waals surface area contributed by atoms with E-state index < -0.39 is 5.72 Å². The van der Waals surface area contributed by atoms with Crippen molar-refractivity contribution in [2.75, 3.05) is 22.6 Å². The van der Waals surface area contributed by atoms with Crippen LogP contribution in [0.1, 0.15) is 29.4 Å². The molecule has 1 aliphatic rings. The van der Waals surface area contributed by atoms with Gasteiger partial charge in [-0.3, -0.25) is 4.79 Å². The Labute approximate surface area is 139 Å². The fraction of sp³-hybridized carbons (Fsp3) is 0.312. The predicted molar refractivity (Wildman–Crippen MR) is 90.4 cm³/mol. The summed E-state index contributed by atoms with van der Waals surface area (Å²) >= 11 is 0. The number of fused-ring (bicyclic) bond motifs is 2. The molecule has 24 heavy (non-hydrogen) atoms. The number of para-hydroxylation sites is 2. The van der Waals surface area contributed by atoms with E-state index in [0.717, 1.165) is 5.69 Å². The summed E-state index contributed by atoms with van der Waals surface area (Å²) < 4.78 is 0. The van der Waals surface area contributed by atoms with E-state index >= 15 is 0 Å². The van der Waals surface area contributed by atoms with E-state index in [1.165, 1.54) is 6.92 Å². The maximum absolute atomic E-state index is 12.5. The molecule has 5 N–H and O–H groups in total. The number of amides is 1. The van der Waals surface area contributed by atoms with Crippen LogP contribution in [-0.4, -0.2) is 38.4 Å². The molecule has 1 unspecified atom stereocenters. The minimum atomic E-state index is -1.36. The molecule has 1 aromatic heterocycles. The summed E-state index contributed by atoms with van der Waals surface area (Å²) in [5, 5.41) is 27.9. The number of aromatic nitrogens is 2. The van der Waals surface area contributed by atoms with E-state index in [9.17, 15) is 9.90 Å². The van der Waals surface area contributed by atoms with Crippen molar-refractivity contribution >= 4 is 29.0 Å². The molecule has 0 bridgehead atoms. The SMILES string of the molecule is Cc1nc(NC(C)(O)CCO)nc2c1C(=O)Nc1ccccc1N2. The number of carbonyl (C=O) groups is 1. The average molecular weight is 329 g/mol. The van der Waals surface area contributed by atoms with Crippen LogP contribution in [0.5, 0.6) is 0 Å². The fourth-order valence-electron chi connectivity index (χ4n) is 2.53. The van der Waals surface area contributed by atoms with Gasteiger partial charge in [-0.15, -0.1) is 0 Å². The molecule has 0 saturated carbocycles. The van der Waals surface area contributed by atoms with Crippen LogP contribution in [0, 0.1) is 6.92 Å². The summed E-state index contributed by atoms with van der Waals surface area (Å²) in [5.74, 6) is 0.227. The van der Waals surface area contributed by atoms with E-state index in [-0.39, 0.29) is 24.9 Å². The molecule has 0 spiro atoms. The smallest absolute Gasteiger partial charge is 0.261 e. The Morgan fingerprint density at radius 1 is 1.21 bits per heavy atom. The lowest BCUT2D eigenvalue weighted by Gasteiger charge is -2.24. The number of carbonyl (C=O) groups excluding carboxylic acids is 1. The van der Waals surface area contributed by atoms with E-state index in [2.05, 4.69) is 25.9 Å². The topological polar surface area (TPSA) is 119 Å². The second kappa shape index (κ2) is 6.06. The highest BCUT2D eigenvalue weighted by Crippen LogP contribution is 2.32. The van der Waals surface area contributed by atoms with Crippen molar-refractivity contribution in [3.05, 3.63) is 35.5 Å². The Morgan fingerprint density at radius 3 is 2.54 bits per heavy atom. The highest BCUT2D eigenvalue weighted by Gasteiger charge is 2.26. The first kappa shape index (κ1) is 16.2. The normalized spacial score (nSPS) is 15.2. The molecule has 1 atom stereocenters. The van der Waals surface area contributed by atoms with Gasteiger partial charge in [-0.05, 0) is 26.0 Å². The van der Waals surface area contributed by atoms with Gasteiger partial charge in [0.25, 0.3) is 5.91 Å². The molecule has 1 aliphatic heterocycles. The number of nitrogens with zero attached hydrogens (tertiary/aromatic N) is 2. The Bertz CT molecular complexity index is 791. The molecule has 0 radical (unpaired) electrons. The minimum absolute atomic E-state index is 0.114. The van der Waals surface area contributed by atoms with Crippen LogP contribution in [0.3, 0.4) is 0 Å². The summed E-state index contributed by atoms with van der Waals surface area (Å²) in [4.78, 5) is 21.0. The van der Waals surface area contributed by atoms with Gasteiger partial charge >= 0.3 is 0 Å². The highest BCUT2D eigenvalue weighted by atomic mass is 16.3. The van der Waals surface area contributed by atoms with E-state index in [4.69, 9.17) is 5.11 Å². The van der Waals surface area contributed by atoms with E-state index in [0.29, 0.717) is 22.8 Å². The molecule has 0 fully saturated rings. The summed E-state index contributed by atoms with van der Waals surface area (Å²) in [6.45, 7) is 3.03. The first-order valence-corrected chi connectivity index (χ1v) is 7.57. The minimum Gasteiger partial charge on any atom is -0.396 e. The van der Waals surface area contributed by atoms with Gasteiger partial charge in [0, 0.05) is 13.0 Å². The standard InChI is InChI=1S/C16H19N5O3/c1-9-12-13(20-15(17-9)21-16(2,24)7-8-22)18-10-5-3-4-6-11(10)19-14(12)23/h3-6,22,24H,7-8H2,1-2H3,(H,19,23)(H2,17,18,20,21). The van der Waals surface area contributed by atoms with Crippen LogP contribution >= 0.6 is 0 Å². The molecule has 2 aromatic rings. The molecular formula is C16H19N5O3. The largest absolute Gasteiger partial charge is 0.396 e. The molecule has 126 valence electrons. The molecule has 8 nitrogen and oxygen atoms in total. The zero-order chi connectivity index (χ0) is 17.3. The number of rotatable bonds is 4. The van der Waals surface area contributed by atoms with Crippen LogP contribution in [0.25, 0.3) is 0 Å². The number of anilines is 4. The summed E-state index contributed by atoms with van der Waals surface area (Å²) in [5.41, 5.74) is 0.830. The van der Waals surface area contributed by atoms with Crippen molar-refractivity contribution in [1.29, 1.82) is 0 Å². The lowest BCUT2D eigenvalue weighted by atomic mass is 10.2. The number of nitrogens with one attached hydrogen (secondary N) is 3. The Kier molecular flexibility index (Phi) is 4.08. The number of hydrogen-bond acceptors (Lipinski definition) is 7. The van der Waals surface area contributed by atoms with Gasteiger partial charge in [-0.1, -0.05) is 12.1 Å². The van der Waals surface area contributed by atoms with Crippen molar-refractivity contribution in [3.63, 3.8) is 0 Å². The van der Waals surface area contributed by atoms with Gasteiger partial charge in [0.2, 0.25) is 5.95 Å². The Morgan fingerprint density at radius 2 is 1.88 bits per heavy atom. The third kappa shape index (κ3) is 3.15. The maximum Gasteiger partial charge on any atom is 0.261 e. The molecule has 3 rings (SSSR count). The van der Waals surface area contributed by atoms with Crippen molar-refractivity contribution in [3.8, 4) is 0 Å². The molecule has 8 heteroatoms. The molecule has 1 amide bonds. The molecule has 1 aromatic carbocycles. The van der Waals surface area contributed by atoms with Crippen LogP contribution in [-0.2, 0) is 0 Å². The quantitative estimate of drug-likeness (QED) is 0.540. The van der Waals surface area contributed by atoms with Crippen LogP contribution < -0.4 is 16.0 Å². The lowest BCUT2D eigenvalue weighted by molar-refractivity contribution is 0.0594. The summed E-state index contributed by atoms with van der Waals surface area (Å²) in [7, 11) is 0. The average Bonchev–Trinajstić information content (AvgIpc) is 2.61. The molecule has 0 saturated heterocycles. The van der Waals surface area contributed by atoms with Gasteiger partial charge in [-0.25, -0.2) is 4.98 Å². The number of aliphatic hydroxyl groups excluding tert-OH is 1. The fourth-order valence-corrected chi connectivity index (χ4v) is 2.53. The van der Waals surface area contributed by atoms with Crippen molar-refractivity contribution in [1.82, 2.24) is 9.97 Å². The lowest BCUT2D eigenvalue weighted by Crippen LogP contribution is -2.36. The van der Waals surface area contributed by atoms with Crippen molar-refractivity contribution in [2.45, 2.75) is 26.0 Å². The van der Waals surface area contributed by atoms with Gasteiger partial charge in [0.15, 0.2) is 0 Å². The maximum atomic E-state index is 12.5. The van der Waals surface area contributed by atoms with Crippen LogP contribution in [0.2, 0.25) is 0 Å². The third-order valence-corrected chi connectivity index (χ3v) is 3.73. The monoisotopic (exact) mass is 329 g/mol. The summed E-state index contributed by atoms with van der Waals surface area (Å²) in [6.07, 6.45) is 0.114. The van der Waals surface area contributed by atoms with Gasteiger partial charge in [-0.2, -0.15) is 4.98 Å². The van der Waals surface area contributed by atoms with Crippen molar-refractivity contribution < 1.29 is 15.0 Å². The summed E-state index contributed by atoms with van der Waals surface area (Å²) in [6, 6.07) is 7.30. The number of aryl methyl sites for hydroxylation is 1. The van der Waals surface area contributed by atoms with E-state index in [1.54, 1.807) is 13.0 Å². The van der Waals surface area contributed by atoms with Gasteiger partial charge < -0.3 is 26.2 Å². The first-order valence-electron chi connectivity index (χ1n) is 7.57. The van der Waals surface area contributed by atoms with Crippen molar-refractivity contribution in [2.24, 2.45) is 0 Å². The zero-order valence-electron chi connectivity index (χ0n) is 13.4. The van der Waals surface area contributed by atoms with Gasteiger partial charge in [0.1, 0.15) is 17.1 Å². The number of aliphatic hydroxyl groups is 2. The van der Waals surface area contributed by atoms with Crippen LogP contribution in [0.15, 0.2) is 24.3 Å².